The Kier molecular flexibility index (Phi) is 4.56. The van der Waals surface area contributed by atoms with E-state index < -0.39 is 10.0 Å². The zero-order chi connectivity index (χ0) is 18.2. The van der Waals surface area contributed by atoms with Crippen LogP contribution < -0.4 is 9.62 Å². The van der Waals surface area contributed by atoms with Crippen LogP contribution in [0.25, 0.3) is 0 Å². The average molecular weight is 358 g/mol. The van der Waals surface area contributed by atoms with E-state index >= 15 is 0 Å². The van der Waals surface area contributed by atoms with Crippen LogP contribution in [0.5, 0.6) is 0 Å². The smallest absolute Gasteiger partial charge is 0.258 e. The van der Waals surface area contributed by atoms with Gasteiger partial charge in [-0.15, -0.1) is 0 Å². The van der Waals surface area contributed by atoms with Crippen LogP contribution in [-0.4, -0.2) is 27.1 Å². The van der Waals surface area contributed by atoms with Crippen molar-refractivity contribution in [3.05, 3.63) is 58.7 Å². The molecule has 6 heteroatoms. The number of hydrogen-bond acceptors (Lipinski definition) is 3. The number of carbonyl (C=O) groups is 1. The van der Waals surface area contributed by atoms with Crippen molar-refractivity contribution in [3.63, 3.8) is 0 Å². The van der Waals surface area contributed by atoms with Gasteiger partial charge in [0.05, 0.1) is 11.9 Å². The highest BCUT2D eigenvalue weighted by molar-refractivity contribution is 7.92. The maximum atomic E-state index is 13.0. The van der Waals surface area contributed by atoms with Crippen LogP contribution in [0.1, 0.15) is 33.5 Å². The zero-order valence-corrected chi connectivity index (χ0v) is 15.5. The van der Waals surface area contributed by atoms with Crippen molar-refractivity contribution in [2.45, 2.75) is 26.7 Å². The molecule has 3 rings (SSSR count). The maximum Gasteiger partial charge on any atom is 0.258 e. The van der Waals surface area contributed by atoms with Crippen molar-refractivity contribution >= 4 is 27.3 Å². The molecule has 0 aromatic heterocycles. The fourth-order valence-corrected chi connectivity index (χ4v) is 3.78. The van der Waals surface area contributed by atoms with Gasteiger partial charge < -0.3 is 4.90 Å². The van der Waals surface area contributed by atoms with Gasteiger partial charge in [-0.2, -0.15) is 0 Å². The van der Waals surface area contributed by atoms with Crippen LogP contribution in [0, 0.1) is 13.8 Å². The first-order chi connectivity index (χ1) is 11.7. The molecule has 0 unspecified atom stereocenters. The second-order valence-electron chi connectivity index (χ2n) is 6.60. The molecule has 0 aliphatic carbocycles. The van der Waals surface area contributed by atoms with Crippen molar-refractivity contribution in [3.8, 4) is 0 Å². The Labute approximate surface area is 148 Å². The van der Waals surface area contributed by atoms with E-state index in [0.717, 1.165) is 30.3 Å². The number of rotatable bonds is 3. The second-order valence-corrected chi connectivity index (χ2v) is 8.34. The van der Waals surface area contributed by atoms with Gasteiger partial charge in [0.1, 0.15) is 0 Å². The van der Waals surface area contributed by atoms with Gasteiger partial charge >= 0.3 is 0 Å². The first-order valence-corrected chi connectivity index (χ1v) is 10.1. The number of anilines is 2. The second kappa shape index (κ2) is 6.52. The Morgan fingerprint density at radius 1 is 1.12 bits per heavy atom. The zero-order valence-electron chi connectivity index (χ0n) is 14.7. The van der Waals surface area contributed by atoms with E-state index in [-0.39, 0.29) is 5.91 Å². The number of hydrogen-bond donors (Lipinski definition) is 1. The Morgan fingerprint density at radius 3 is 2.60 bits per heavy atom. The van der Waals surface area contributed by atoms with Gasteiger partial charge in [-0.05, 0) is 56.0 Å². The lowest BCUT2D eigenvalue weighted by Crippen LogP contribution is -2.35. The lowest BCUT2D eigenvalue weighted by molar-refractivity contribution is 0.0985. The van der Waals surface area contributed by atoms with Crippen molar-refractivity contribution < 1.29 is 13.2 Å². The van der Waals surface area contributed by atoms with Crippen molar-refractivity contribution in [1.82, 2.24) is 0 Å². The number of aryl methyl sites for hydroxylation is 3. The Hall–Kier alpha value is -2.34. The highest BCUT2D eigenvalue weighted by Crippen LogP contribution is 2.30. The summed E-state index contributed by atoms with van der Waals surface area (Å²) < 4.78 is 25.5. The van der Waals surface area contributed by atoms with E-state index in [1.54, 1.807) is 30.0 Å². The molecule has 0 bridgehead atoms. The van der Waals surface area contributed by atoms with Crippen LogP contribution >= 0.6 is 0 Å². The lowest BCUT2D eigenvalue weighted by Gasteiger charge is -2.30. The van der Waals surface area contributed by atoms with Gasteiger partial charge in [0.25, 0.3) is 5.91 Å². The average Bonchev–Trinajstić information content (AvgIpc) is 2.54. The van der Waals surface area contributed by atoms with Crippen molar-refractivity contribution in [2.24, 2.45) is 0 Å². The Bertz CT molecular complexity index is 936. The van der Waals surface area contributed by atoms with Gasteiger partial charge in [-0.25, -0.2) is 8.42 Å². The molecule has 1 aliphatic rings. The molecule has 0 radical (unpaired) electrons. The predicted octanol–water partition coefficient (Wildman–Crippen LogP) is 3.27. The third kappa shape index (κ3) is 3.85. The fraction of sp³-hybridized carbons (Fsp3) is 0.316. The summed E-state index contributed by atoms with van der Waals surface area (Å²) >= 11 is 0. The van der Waals surface area contributed by atoms with Gasteiger partial charge in [0, 0.05) is 17.8 Å². The third-order valence-corrected chi connectivity index (χ3v) is 4.97. The van der Waals surface area contributed by atoms with Crippen LogP contribution in [-0.2, 0) is 16.4 Å². The monoisotopic (exact) mass is 358 g/mol. The third-order valence-electron chi connectivity index (χ3n) is 4.38. The quantitative estimate of drug-likeness (QED) is 0.916. The summed E-state index contributed by atoms with van der Waals surface area (Å²) in [6.45, 7) is 4.52. The van der Waals surface area contributed by atoms with Gasteiger partial charge in [0.15, 0.2) is 0 Å². The summed E-state index contributed by atoms with van der Waals surface area (Å²) in [7, 11) is -3.40. The summed E-state index contributed by atoms with van der Waals surface area (Å²) in [5.41, 5.74) is 5.00. The van der Waals surface area contributed by atoms with Crippen LogP contribution in [0.15, 0.2) is 36.4 Å². The molecule has 25 heavy (non-hydrogen) atoms. The molecular formula is C19H22N2O3S. The van der Waals surface area contributed by atoms with E-state index in [4.69, 9.17) is 0 Å². The summed E-state index contributed by atoms with van der Waals surface area (Å²) in [5.74, 6) is -0.110. The van der Waals surface area contributed by atoms with Crippen LogP contribution in [0.4, 0.5) is 11.4 Å². The predicted molar refractivity (Wildman–Crippen MR) is 101 cm³/mol. The minimum Gasteiger partial charge on any atom is -0.308 e. The highest BCUT2D eigenvalue weighted by Gasteiger charge is 2.24. The molecule has 0 fully saturated rings. The summed E-state index contributed by atoms with van der Waals surface area (Å²) in [4.78, 5) is 14.8. The normalized spacial score (nSPS) is 14.1. The Balaban J connectivity index is 1.96. The molecule has 132 valence electrons. The molecule has 1 N–H and O–H groups in total. The van der Waals surface area contributed by atoms with Crippen LogP contribution in [0.3, 0.4) is 0 Å². The van der Waals surface area contributed by atoms with Crippen molar-refractivity contribution in [1.29, 1.82) is 0 Å². The summed E-state index contributed by atoms with van der Waals surface area (Å²) in [5, 5.41) is 0. The maximum absolute atomic E-state index is 13.0. The molecule has 0 saturated carbocycles. The van der Waals surface area contributed by atoms with Gasteiger partial charge in [-0.1, -0.05) is 23.8 Å². The van der Waals surface area contributed by atoms with E-state index in [0.29, 0.717) is 17.8 Å². The molecule has 5 nitrogen and oxygen atoms in total. The number of benzene rings is 2. The minimum absolute atomic E-state index is 0.110. The Morgan fingerprint density at radius 2 is 1.88 bits per heavy atom. The van der Waals surface area contributed by atoms with E-state index in [1.807, 2.05) is 19.1 Å². The van der Waals surface area contributed by atoms with E-state index in [1.165, 1.54) is 11.1 Å². The van der Waals surface area contributed by atoms with E-state index in [9.17, 15) is 13.2 Å². The molecule has 0 saturated heterocycles. The number of carbonyl (C=O) groups excluding carboxylic acids is 1. The topological polar surface area (TPSA) is 66.5 Å². The SMILES string of the molecule is Cc1ccc2c(c1)CCCN2C(=O)c1ccc(C)c(NS(C)(=O)=O)c1. The number of nitrogens with one attached hydrogen (secondary N) is 1. The molecule has 1 aliphatic heterocycles. The molecular weight excluding hydrogens is 336 g/mol. The molecule has 0 spiro atoms. The fourth-order valence-electron chi connectivity index (χ4n) is 3.16. The summed E-state index contributed by atoms with van der Waals surface area (Å²) in [6.07, 6.45) is 2.99. The number of sulfonamides is 1. The van der Waals surface area contributed by atoms with E-state index in [2.05, 4.69) is 10.8 Å². The number of nitrogens with zero attached hydrogens (tertiary/aromatic N) is 1. The highest BCUT2D eigenvalue weighted by atomic mass is 32.2. The number of fused-ring (bicyclic) bond motifs is 1. The van der Waals surface area contributed by atoms with Gasteiger partial charge in [-0.3, -0.25) is 9.52 Å². The first-order valence-electron chi connectivity index (χ1n) is 8.24. The molecule has 1 heterocycles. The van der Waals surface area contributed by atoms with Crippen LogP contribution in [0.2, 0.25) is 0 Å². The lowest BCUT2D eigenvalue weighted by atomic mass is 9.98. The number of amides is 1. The molecule has 0 atom stereocenters. The summed E-state index contributed by atoms with van der Waals surface area (Å²) in [6, 6.07) is 11.2. The largest absolute Gasteiger partial charge is 0.308 e. The molecule has 2 aromatic rings. The molecule has 1 amide bonds. The first kappa shape index (κ1) is 17.5. The minimum atomic E-state index is -3.40. The standard InChI is InChI=1S/C19H22N2O3S/c1-13-6-9-18-15(11-13)5-4-10-21(18)19(22)16-8-7-14(2)17(12-16)20-25(3,23)24/h6-9,11-12,20H,4-5,10H2,1-3H3. The van der Waals surface area contributed by atoms with Gasteiger partial charge in [0.2, 0.25) is 10.0 Å². The van der Waals surface area contributed by atoms with Crippen molar-refractivity contribution in [2.75, 3.05) is 22.4 Å². The molecule has 2 aromatic carbocycles.